The van der Waals surface area contributed by atoms with Crippen molar-refractivity contribution >= 4 is 39.1 Å². The van der Waals surface area contributed by atoms with Crippen molar-refractivity contribution < 1.29 is 13.2 Å². The molecule has 1 amide bonds. The van der Waals surface area contributed by atoms with Crippen molar-refractivity contribution in [1.82, 2.24) is 20.2 Å². The standard InChI is InChI=1S/C23H22N6O3S2/c1-3-28(19-11-5-4-6-12-19)34(31,32)21-14-7-9-17(15-21)22(30)24-18-10-8-13-20(16-18)29-23(33-2)25-26-27-29/h4-16H,3H2,1-2H3,(H,24,30). The molecule has 1 N–H and O–H groups in total. The first kappa shape index (κ1) is 23.5. The summed E-state index contributed by atoms with van der Waals surface area (Å²) in [5.41, 5.74) is 1.99. The minimum absolute atomic E-state index is 0.0397. The van der Waals surface area contributed by atoms with E-state index in [9.17, 15) is 13.2 Å². The van der Waals surface area contributed by atoms with Crippen molar-refractivity contribution in [3.63, 3.8) is 0 Å². The molecule has 0 saturated heterocycles. The van der Waals surface area contributed by atoms with E-state index in [1.165, 1.54) is 28.2 Å². The zero-order valence-electron chi connectivity index (χ0n) is 18.5. The van der Waals surface area contributed by atoms with Crippen molar-refractivity contribution in [2.75, 3.05) is 22.4 Å². The molecule has 0 radical (unpaired) electrons. The molecule has 0 saturated carbocycles. The Morgan fingerprint density at radius 1 is 1.03 bits per heavy atom. The van der Waals surface area contributed by atoms with Crippen molar-refractivity contribution in [2.24, 2.45) is 0 Å². The van der Waals surface area contributed by atoms with Crippen LogP contribution < -0.4 is 9.62 Å². The van der Waals surface area contributed by atoms with Gasteiger partial charge in [-0.1, -0.05) is 42.1 Å². The summed E-state index contributed by atoms with van der Waals surface area (Å²) in [7, 11) is -3.85. The molecular formula is C23H22N6O3S2. The van der Waals surface area contributed by atoms with Gasteiger partial charge in [-0.05, 0) is 72.1 Å². The first-order valence-corrected chi connectivity index (χ1v) is 13.0. The minimum atomic E-state index is -3.85. The molecule has 0 bridgehead atoms. The van der Waals surface area contributed by atoms with Gasteiger partial charge in [-0.15, -0.1) is 5.10 Å². The van der Waals surface area contributed by atoms with Gasteiger partial charge in [-0.2, -0.15) is 4.68 Å². The Balaban J connectivity index is 1.59. The summed E-state index contributed by atoms with van der Waals surface area (Å²) in [6.07, 6.45) is 1.87. The van der Waals surface area contributed by atoms with Crippen LogP contribution in [0.15, 0.2) is 88.9 Å². The third-order valence-electron chi connectivity index (χ3n) is 4.99. The Hall–Kier alpha value is -3.70. The van der Waals surface area contributed by atoms with Gasteiger partial charge in [0.15, 0.2) is 0 Å². The smallest absolute Gasteiger partial charge is 0.264 e. The number of rotatable bonds is 8. The molecule has 11 heteroatoms. The van der Waals surface area contributed by atoms with Gasteiger partial charge < -0.3 is 5.32 Å². The maximum atomic E-state index is 13.3. The molecule has 0 atom stereocenters. The van der Waals surface area contributed by atoms with Gasteiger partial charge in [0.1, 0.15) is 0 Å². The maximum absolute atomic E-state index is 13.3. The Kier molecular flexibility index (Phi) is 6.94. The minimum Gasteiger partial charge on any atom is -0.322 e. The molecule has 1 aromatic heterocycles. The SMILES string of the molecule is CCN(c1ccccc1)S(=O)(=O)c1cccc(C(=O)Nc2cccc(-n3nnnc3SC)c2)c1. The normalized spacial score (nSPS) is 11.2. The fraction of sp³-hybridized carbons (Fsp3) is 0.130. The average molecular weight is 495 g/mol. The maximum Gasteiger partial charge on any atom is 0.264 e. The van der Waals surface area contributed by atoms with Crippen LogP contribution in [0.4, 0.5) is 11.4 Å². The van der Waals surface area contributed by atoms with Gasteiger partial charge in [0, 0.05) is 17.8 Å². The highest BCUT2D eigenvalue weighted by atomic mass is 32.2. The second-order valence-corrected chi connectivity index (χ2v) is 9.75. The van der Waals surface area contributed by atoms with Crippen LogP contribution in [0.3, 0.4) is 0 Å². The highest BCUT2D eigenvalue weighted by molar-refractivity contribution is 7.98. The molecule has 1 heterocycles. The number of hydrogen-bond acceptors (Lipinski definition) is 7. The van der Waals surface area contributed by atoms with Crippen LogP contribution in [0.25, 0.3) is 5.69 Å². The predicted octanol–water partition coefficient (Wildman–Crippen LogP) is 3.85. The van der Waals surface area contributed by atoms with Crippen LogP contribution in [-0.2, 0) is 10.0 Å². The quantitative estimate of drug-likeness (QED) is 0.371. The molecule has 0 spiro atoms. The number of nitrogens with one attached hydrogen (secondary N) is 1. The molecule has 4 aromatic rings. The first-order chi connectivity index (χ1) is 16.4. The van der Waals surface area contributed by atoms with Gasteiger partial charge in [0.25, 0.3) is 15.9 Å². The number of nitrogens with zero attached hydrogens (tertiary/aromatic N) is 5. The summed E-state index contributed by atoms with van der Waals surface area (Å²) in [6, 6.07) is 21.9. The van der Waals surface area contributed by atoms with E-state index >= 15 is 0 Å². The van der Waals surface area contributed by atoms with E-state index in [0.29, 0.717) is 22.2 Å². The summed E-state index contributed by atoms with van der Waals surface area (Å²) >= 11 is 1.40. The average Bonchev–Trinajstić information content (AvgIpc) is 3.34. The highest BCUT2D eigenvalue weighted by Gasteiger charge is 2.24. The van der Waals surface area contributed by atoms with Crippen molar-refractivity contribution in [2.45, 2.75) is 17.0 Å². The van der Waals surface area contributed by atoms with Crippen molar-refractivity contribution in [3.8, 4) is 5.69 Å². The van der Waals surface area contributed by atoms with Crippen LogP contribution in [0.5, 0.6) is 0 Å². The van der Waals surface area contributed by atoms with Gasteiger partial charge >= 0.3 is 0 Å². The molecule has 0 fully saturated rings. The van der Waals surface area contributed by atoms with E-state index in [1.54, 1.807) is 66.2 Å². The summed E-state index contributed by atoms with van der Waals surface area (Å²) in [5.74, 6) is -0.432. The van der Waals surface area contributed by atoms with Crippen LogP contribution >= 0.6 is 11.8 Å². The summed E-state index contributed by atoms with van der Waals surface area (Å²) in [6.45, 7) is 2.02. The van der Waals surface area contributed by atoms with Gasteiger partial charge in [0.05, 0.1) is 16.3 Å². The summed E-state index contributed by atoms with van der Waals surface area (Å²) in [4.78, 5) is 13.0. The van der Waals surface area contributed by atoms with Crippen LogP contribution in [0.1, 0.15) is 17.3 Å². The van der Waals surface area contributed by atoms with Crippen molar-refractivity contribution in [3.05, 3.63) is 84.4 Å². The second kappa shape index (κ2) is 10.1. The lowest BCUT2D eigenvalue weighted by atomic mass is 10.2. The van der Waals surface area contributed by atoms with E-state index < -0.39 is 15.9 Å². The Labute approximate surface area is 201 Å². The molecule has 9 nitrogen and oxygen atoms in total. The van der Waals surface area contributed by atoms with E-state index in [-0.39, 0.29) is 17.0 Å². The summed E-state index contributed by atoms with van der Waals surface area (Å²) < 4.78 is 29.5. The third-order valence-corrected chi connectivity index (χ3v) is 7.51. The molecule has 0 aliphatic heterocycles. The van der Waals surface area contributed by atoms with Crippen LogP contribution in [0, 0.1) is 0 Å². The van der Waals surface area contributed by atoms with Gasteiger partial charge in [-0.25, -0.2) is 8.42 Å². The number of amides is 1. The van der Waals surface area contributed by atoms with E-state index in [2.05, 4.69) is 20.8 Å². The fourth-order valence-electron chi connectivity index (χ4n) is 3.40. The largest absolute Gasteiger partial charge is 0.322 e. The molecule has 0 aliphatic rings. The Bertz CT molecular complexity index is 1410. The van der Waals surface area contributed by atoms with E-state index in [1.807, 2.05) is 18.4 Å². The van der Waals surface area contributed by atoms with E-state index in [0.717, 1.165) is 0 Å². The zero-order chi connectivity index (χ0) is 24.1. The number of thioether (sulfide) groups is 1. The monoisotopic (exact) mass is 494 g/mol. The lowest BCUT2D eigenvalue weighted by Gasteiger charge is -2.23. The molecular weight excluding hydrogens is 472 g/mol. The molecule has 0 aliphatic carbocycles. The number of carbonyl (C=O) groups is 1. The third kappa shape index (κ3) is 4.80. The predicted molar refractivity (Wildman–Crippen MR) is 132 cm³/mol. The number of para-hydroxylation sites is 1. The van der Waals surface area contributed by atoms with Gasteiger partial charge in [-0.3, -0.25) is 9.10 Å². The fourth-order valence-corrected chi connectivity index (χ4v) is 5.35. The number of anilines is 2. The molecule has 174 valence electrons. The number of carbonyl (C=O) groups excluding carboxylic acids is 1. The number of hydrogen-bond donors (Lipinski definition) is 1. The van der Waals surface area contributed by atoms with Crippen LogP contribution in [-0.4, -0.2) is 47.3 Å². The topological polar surface area (TPSA) is 110 Å². The Morgan fingerprint density at radius 3 is 2.53 bits per heavy atom. The second-order valence-electron chi connectivity index (χ2n) is 7.12. The molecule has 34 heavy (non-hydrogen) atoms. The first-order valence-electron chi connectivity index (χ1n) is 10.4. The lowest BCUT2D eigenvalue weighted by molar-refractivity contribution is 0.102. The number of aromatic nitrogens is 4. The number of tetrazole rings is 1. The highest BCUT2D eigenvalue weighted by Crippen LogP contribution is 2.24. The van der Waals surface area contributed by atoms with E-state index in [4.69, 9.17) is 0 Å². The number of sulfonamides is 1. The van der Waals surface area contributed by atoms with Gasteiger partial charge in [0.2, 0.25) is 5.16 Å². The Morgan fingerprint density at radius 2 is 1.79 bits per heavy atom. The van der Waals surface area contributed by atoms with Crippen LogP contribution in [0.2, 0.25) is 0 Å². The molecule has 0 unspecified atom stereocenters. The number of benzene rings is 3. The molecule has 4 rings (SSSR count). The zero-order valence-corrected chi connectivity index (χ0v) is 20.1. The summed E-state index contributed by atoms with van der Waals surface area (Å²) in [5, 5.41) is 15.0. The van der Waals surface area contributed by atoms with Crippen molar-refractivity contribution in [1.29, 1.82) is 0 Å². The lowest BCUT2D eigenvalue weighted by Crippen LogP contribution is -2.30. The molecule has 3 aromatic carbocycles.